The maximum Gasteiger partial charge on any atom is 0.229 e. The standard InChI is InChI=1S/C16H19N5O/c1-10-7-20-16(22-10)13-9-19-15-12(4-6-18-15)14(13)21-11-3-2-5-17-8-11/h4,6-7,9,11,17H,2-3,5,8H2,1H3,(H2,18,19,21)/t11-/m1/s1. The van der Waals surface area contributed by atoms with Crippen LogP contribution in [0.1, 0.15) is 18.6 Å². The minimum Gasteiger partial charge on any atom is -0.441 e. The van der Waals surface area contributed by atoms with E-state index in [0.29, 0.717) is 11.9 Å². The number of hydrogen-bond donors (Lipinski definition) is 3. The summed E-state index contributed by atoms with van der Waals surface area (Å²) in [5.74, 6) is 1.41. The number of aryl methyl sites for hydroxylation is 1. The number of anilines is 1. The van der Waals surface area contributed by atoms with Crippen LogP contribution in [0.15, 0.2) is 29.1 Å². The Kier molecular flexibility index (Phi) is 3.31. The number of piperidine rings is 1. The maximum absolute atomic E-state index is 5.71. The van der Waals surface area contributed by atoms with Crippen molar-refractivity contribution >= 4 is 16.7 Å². The lowest BCUT2D eigenvalue weighted by Gasteiger charge is -2.26. The number of H-pyrrole nitrogens is 1. The van der Waals surface area contributed by atoms with Crippen molar-refractivity contribution in [2.75, 3.05) is 18.4 Å². The lowest BCUT2D eigenvalue weighted by Crippen LogP contribution is -2.38. The molecule has 4 heterocycles. The highest BCUT2D eigenvalue weighted by Gasteiger charge is 2.19. The molecule has 4 rings (SSSR count). The van der Waals surface area contributed by atoms with Crippen molar-refractivity contribution < 1.29 is 4.42 Å². The molecule has 1 fully saturated rings. The van der Waals surface area contributed by atoms with E-state index in [-0.39, 0.29) is 0 Å². The molecule has 0 spiro atoms. The summed E-state index contributed by atoms with van der Waals surface area (Å²) in [6.07, 6.45) is 7.82. The summed E-state index contributed by atoms with van der Waals surface area (Å²) >= 11 is 0. The van der Waals surface area contributed by atoms with Crippen molar-refractivity contribution in [3.05, 3.63) is 30.4 Å². The zero-order valence-electron chi connectivity index (χ0n) is 12.5. The first kappa shape index (κ1) is 13.3. The second-order valence-corrected chi connectivity index (χ2v) is 5.75. The summed E-state index contributed by atoms with van der Waals surface area (Å²) in [5.41, 5.74) is 2.82. The minimum absolute atomic E-state index is 0.407. The summed E-state index contributed by atoms with van der Waals surface area (Å²) in [6, 6.07) is 2.45. The van der Waals surface area contributed by atoms with Crippen LogP contribution in [0, 0.1) is 6.92 Å². The molecule has 3 N–H and O–H groups in total. The Morgan fingerprint density at radius 1 is 1.32 bits per heavy atom. The van der Waals surface area contributed by atoms with Crippen molar-refractivity contribution in [2.24, 2.45) is 0 Å². The fourth-order valence-corrected chi connectivity index (χ4v) is 2.98. The van der Waals surface area contributed by atoms with Crippen LogP contribution in [0.2, 0.25) is 0 Å². The van der Waals surface area contributed by atoms with E-state index >= 15 is 0 Å². The average Bonchev–Trinajstić information content (AvgIpc) is 3.17. The number of aromatic nitrogens is 3. The van der Waals surface area contributed by atoms with Gasteiger partial charge in [-0.2, -0.15) is 0 Å². The molecular formula is C16H19N5O. The van der Waals surface area contributed by atoms with Gasteiger partial charge in [0.1, 0.15) is 11.4 Å². The maximum atomic E-state index is 5.71. The van der Waals surface area contributed by atoms with Crippen molar-refractivity contribution in [1.82, 2.24) is 20.3 Å². The Hall–Kier alpha value is -2.34. The Morgan fingerprint density at radius 2 is 2.27 bits per heavy atom. The third kappa shape index (κ3) is 2.35. The Morgan fingerprint density at radius 3 is 3.05 bits per heavy atom. The Bertz CT molecular complexity index is 785. The highest BCUT2D eigenvalue weighted by atomic mass is 16.4. The van der Waals surface area contributed by atoms with Crippen LogP contribution in [0.3, 0.4) is 0 Å². The molecule has 1 saturated heterocycles. The van der Waals surface area contributed by atoms with Crippen LogP contribution in [0.5, 0.6) is 0 Å². The van der Waals surface area contributed by atoms with Crippen molar-refractivity contribution in [2.45, 2.75) is 25.8 Å². The number of nitrogens with zero attached hydrogens (tertiary/aromatic N) is 2. The second-order valence-electron chi connectivity index (χ2n) is 5.75. The van der Waals surface area contributed by atoms with Gasteiger partial charge in [-0.15, -0.1) is 0 Å². The van der Waals surface area contributed by atoms with E-state index in [1.165, 1.54) is 6.42 Å². The number of hydrogen-bond acceptors (Lipinski definition) is 5. The third-order valence-corrected chi connectivity index (χ3v) is 4.08. The van der Waals surface area contributed by atoms with Gasteiger partial charge in [0.25, 0.3) is 0 Å². The van der Waals surface area contributed by atoms with E-state index in [9.17, 15) is 0 Å². The van der Waals surface area contributed by atoms with Crippen molar-refractivity contribution in [3.8, 4) is 11.5 Å². The number of pyridine rings is 1. The minimum atomic E-state index is 0.407. The van der Waals surface area contributed by atoms with E-state index < -0.39 is 0 Å². The predicted octanol–water partition coefficient (Wildman–Crippen LogP) is 2.69. The topological polar surface area (TPSA) is 78.8 Å². The van der Waals surface area contributed by atoms with Crippen LogP contribution in [0.4, 0.5) is 5.69 Å². The van der Waals surface area contributed by atoms with Gasteiger partial charge in [-0.05, 0) is 32.4 Å². The first-order chi connectivity index (χ1) is 10.8. The molecule has 0 aliphatic carbocycles. The quantitative estimate of drug-likeness (QED) is 0.692. The van der Waals surface area contributed by atoms with E-state index in [0.717, 1.165) is 47.6 Å². The molecule has 1 atom stereocenters. The molecule has 0 saturated carbocycles. The first-order valence-corrected chi connectivity index (χ1v) is 7.67. The third-order valence-electron chi connectivity index (χ3n) is 4.08. The van der Waals surface area contributed by atoms with Gasteiger partial charge in [-0.1, -0.05) is 0 Å². The van der Waals surface area contributed by atoms with Gasteiger partial charge in [0.05, 0.1) is 17.4 Å². The largest absolute Gasteiger partial charge is 0.441 e. The fraction of sp³-hybridized carbons (Fsp3) is 0.375. The molecule has 114 valence electrons. The zero-order valence-corrected chi connectivity index (χ0v) is 12.5. The van der Waals surface area contributed by atoms with Crippen molar-refractivity contribution in [3.63, 3.8) is 0 Å². The van der Waals surface area contributed by atoms with Gasteiger partial charge in [0, 0.05) is 30.4 Å². The van der Waals surface area contributed by atoms with Crippen LogP contribution in [-0.2, 0) is 0 Å². The monoisotopic (exact) mass is 297 g/mol. The first-order valence-electron chi connectivity index (χ1n) is 7.67. The van der Waals surface area contributed by atoms with E-state index in [1.807, 2.05) is 25.4 Å². The van der Waals surface area contributed by atoms with E-state index in [1.54, 1.807) is 6.20 Å². The van der Waals surface area contributed by atoms with Gasteiger partial charge in [-0.25, -0.2) is 9.97 Å². The van der Waals surface area contributed by atoms with Gasteiger partial charge >= 0.3 is 0 Å². The van der Waals surface area contributed by atoms with Gasteiger partial charge in [-0.3, -0.25) is 0 Å². The molecule has 0 radical (unpaired) electrons. The predicted molar refractivity (Wildman–Crippen MR) is 85.8 cm³/mol. The smallest absolute Gasteiger partial charge is 0.229 e. The van der Waals surface area contributed by atoms with Gasteiger partial charge in [0.15, 0.2) is 0 Å². The second kappa shape index (κ2) is 5.46. The van der Waals surface area contributed by atoms with Crippen LogP contribution < -0.4 is 10.6 Å². The van der Waals surface area contributed by atoms with Crippen molar-refractivity contribution in [1.29, 1.82) is 0 Å². The normalized spacial score (nSPS) is 18.7. The van der Waals surface area contributed by atoms with Gasteiger partial charge in [0.2, 0.25) is 5.89 Å². The summed E-state index contributed by atoms with van der Waals surface area (Å²) in [4.78, 5) is 12.0. The average molecular weight is 297 g/mol. The number of nitrogens with one attached hydrogen (secondary N) is 3. The molecule has 0 amide bonds. The van der Waals surface area contributed by atoms with Crippen LogP contribution >= 0.6 is 0 Å². The molecule has 3 aromatic heterocycles. The fourth-order valence-electron chi connectivity index (χ4n) is 2.98. The number of aromatic amines is 1. The highest BCUT2D eigenvalue weighted by Crippen LogP contribution is 2.33. The molecule has 6 nitrogen and oxygen atoms in total. The molecule has 6 heteroatoms. The number of oxazole rings is 1. The Labute approximate surface area is 128 Å². The number of fused-ring (bicyclic) bond motifs is 1. The summed E-state index contributed by atoms with van der Waals surface area (Å²) < 4.78 is 5.71. The van der Waals surface area contributed by atoms with E-state index in [4.69, 9.17) is 4.42 Å². The summed E-state index contributed by atoms with van der Waals surface area (Å²) in [6.45, 7) is 3.97. The van der Waals surface area contributed by atoms with Crippen LogP contribution in [-0.4, -0.2) is 34.1 Å². The summed E-state index contributed by atoms with van der Waals surface area (Å²) in [7, 11) is 0. The van der Waals surface area contributed by atoms with Gasteiger partial charge < -0.3 is 20.0 Å². The summed E-state index contributed by atoms with van der Waals surface area (Å²) in [5, 5.41) is 8.17. The molecule has 0 unspecified atom stereocenters. The number of rotatable bonds is 3. The molecular weight excluding hydrogens is 278 g/mol. The lowest BCUT2D eigenvalue weighted by atomic mass is 10.1. The molecule has 0 bridgehead atoms. The van der Waals surface area contributed by atoms with E-state index in [2.05, 4.69) is 25.6 Å². The molecule has 1 aliphatic heterocycles. The molecule has 3 aromatic rings. The Balaban J connectivity index is 1.79. The highest BCUT2D eigenvalue weighted by molar-refractivity contribution is 5.97. The molecule has 1 aliphatic rings. The molecule has 0 aromatic carbocycles. The molecule has 22 heavy (non-hydrogen) atoms. The lowest BCUT2D eigenvalue weighted by molar-refractivity contribution is 0.480. The SMILES string of the molecule is Cc1cnc(-c2cnc3[nH]ccc3c2N[C@@H]2CCCNC2)o1. The zero-order chi connectivity index (χ0) is 14.9. The van der Waals surface area contributed by atoms with Crippen LogP contribution in [0.25, 0.3) is 22.5 Å².